The average molecular weight is 261 g/mol. The molecule has 1 aromatic rings. The first kappa shape index (κ1) is 14.0. The Morgan fingerprint density at radius 2 is 2.26 bits per heavy atom. The van der Waals surface area contributed by atoms with Crippen molar-refractivity contribution in [2.24, 2.45) is 5.73 Å². The van der Waals surface area contributed by atoms with Gasteiger partial charge in [-0.25, -0.2) is 4.39 Å². The predicted molar refractivity (Wildman–Crippen MR) is 72.8 cm³/mol. The van der Waals surface area contributed by atoms with Crippen LogP contribution in [0.15, 0.2) is 18.2 Å². The number of halogens is 1. The number of nitrogens with zero attached hydrogens (tertiary/aromatic N) is 2. The molecule has 4 heteroatoms. The van der Waals surface area contributed by atoms with E-state index in [0.717, 1.165) is 19.4 Å². The molecule has 1 aliphatic rings. The Morgan fingerprint density at radius 1 is 1.42 bits per heavy atom. The summed E-state index contributed by atoms with van der Waals surface area (Å²) in [7, 11) is 0. The van der Waals surface area contributed by atoms with Crippen LogP contribution in [0.2, 0.25) is 0 Å². The molecule has 1 atom stereocenters. The van der Waals surface area contributed by atoms with Crippen LogP contribution in [-0.2, 0) is 6.54 Å². The fourth-order valence-corrected chi connectivity index (χ4v) is 2.75. The van der Waals surface area contributed by atoms with Gasteiger partial charge in [-0.15, -0.1) is 0 Å². The molecular weight excluding hydrogens is 241 g/mol. The Morgan fingerprint density at radius 3 is 2.95 bits per heavy atom. The Labute approximate surface area is 113 Å². The van der Waals surface area contributed by atoms with E-state index in [1.165, 1.54) is 18.9 Å². The maximum Gasteiger partial charge on any atom is 0.129 e. The molecule has 0 amide bonds. The minimum Gasteiger partial charge on any atom is -0.330 e. The minimum atomic E-state index is -0.281. The summed E-state index contributed by atoms with van der Waals surface area (Å²) >= 11 is 0. The normalized spacial score (nSPS) is 20.2. The van der Waals surface area contributed by atoms with Gasteiger partial charge in [-0.05, 0) is 44.5 Å². The fraction of sp³-hybridized carbons (Fsp3) is 0.533. The maximum atomic E-state index is 13.9. The number of rotatable bonds is 4. The standard InChI is InChI=1S/C15H20FN3/c16-15-9-12(10-18)4-5-13(15)11-19-8-2-1-3-14(19)6-7-17/h4-5,9,14H,1-3,6-8,11,17H2. The summed E-state index contributed by atoms with van der Waals surface area (Å²) in [6, 6.07) is 7.15. The van der Waals surface area contributed by atoms with E-state index in [4.69, 9.17) is 11.0 Å². The van der Waals surface area contributed by atoms with Crippen LogP contribution < -0.4 is 5.73 Å². The molecule has 0 spiro atoms. The smallest absolute Gasteiger partial charge is 0.129 e. The first-order valence-electron chi connectivity index (χ1n) is 6.87. The zero-order valence-electron chi connectivity index (χ0n) is 11.1. The third-order valence-corrected chi connectivity index (χ3v) is 3.80. The van der Waals surface area contributed by atoms with Gasteiger partial charge in [0.05, 0.1) is 11.6 Å². The summed E-state index contributed by atoms with van der Waals surface area (Å²) in [6.45, 7) is 2.29. The summed E-state index contributed by atoms with van der Waals surface area (Å²) in [6.07, 6.45) is 4.52. The third-order valence-electron chi connectivity index (χ3n) is 3.80. The van der Waals surface area contributed by atoms with Crippen molar-refractivity contribution in [2.45, 2.75) is 38.3 Å². The fourth-order valence-electron chi connectivity index (χ4n) is 2.75. The van der Waals surface area contributed by atoms with Crippen LogP contribution in [0.4, 0.5) is 4.39 Å². The van der Waals surface area contributed by atoms with Crippen molar-refractivity contribution in [3.8, 4) is 6.07 Å². The molecule has 2 N–H and O–H groups in total. The number of nitriles is 1. The molecular formula is C15H20FN3. The zero-order valence-corrected chi connectivity index (χ0v) is 11.1. The molecule has 0 aromatic heterocycles. The van der Waals surface area contributed by atoms with Crippen LogP contribution in [0.5, 0.6) is 0 Å². The zero-order chi connectivity index (χ0) is 13.7. The van der Waals surface area contributed by atoms with E-state index in [9.17, 15) is 4.39 Å². The highest BCUT2D eigenvalue weighted by atomic mass is 19.1. The van der Waals surface area contributed by atoms with Crippen LogP contribution in [0.3, 0.4) is 0 Å². The molecule has 1 saturated heterocycles. The van der Waals surface area contributed by atoms with Gasteiger partial charge in [0.25, 0.3) is 0 Å². The maximum absolute atomic E-state index is 13.9. The van der Waals surface area contributed by atoms with Crippen molar-refractivity contribution in [1.29, 1.82) is 5.26 Å². The molecule has 2 rings (SSSR count). The average Bonchev–Trinajstić information content (AvgIpc) is 2.43. The molecule has 1 aliphatic heterocycles. The molecule has 102 valence electrons. The Balaban J connectivity index is 2.08. The van der Waals surface area contributed by atoms with Crippen LogP contribution in [0.25, 0.3) is 0 Å². The van der Waals surface area contributed by atoms with E-state index in [2.05, 4.69) is 4.90 Å². The molecule has 19 heavy (non-hydrogen) atoms. The second-order valence-electron chi connectivity index (χ2n) is 5.12. The van der Waals surface area contributed by atoms with Crippen molar-refractivity contribution < 1.29 is 4.39 Å². The van der Waals surface area contributed by atoms with Gasteiger partial charge in [-0.2, -0.15) is 5.26 Å². The SMILES string of the molecule is N#Cc1ccc(CN2CCCCC2CCN)c(F)c1. The highest BCUT2D eigenvalue weighted by molar-refractivity contribution is 5.32. The molecule has 1 aromatic carbocycles. The predicted octanol–water partition coefficient (Wildman–Crippen LogP) is 2.40. The van der Waals surface area contributed by atoms with Crippen LogP contribution >= 0.6 is 0 Å². The van der Waals surface area contributed by atoms with Gasteiger partial charge in [0.15, 0.2) is 0 Å². The topological polar surface area (TPSA) is 53.0 Å². The molecule has 1 fully saturated rings. The molecule has 0 radical (unpaired) electrons. The van der Waals surface area contributed by atoms with E-state index < -0.39 is 0 Å². The number of nitrogens with two attached hydrogens (primary N) is 1. The second-order valence-corrected chi connectivity index (χ2v) is 5.12. The van der Waals surface area contributed by atoms with Crippen LogP contribution in [-0.4, -0.2) is 24.0 Å². The first-order chi connectivity index (χ1) is 9.24. The summed E-state index contributed by atoms with van der Waals surface area (Å²) in [4.78, 5) is 2.32. The number of hydrogen-bond acceptors (Lipinski definition) is 3. The van der Waals surface area contributed by atoms with Gasteiger partial charge in [-0.3, -0.25) is 4.90 Å². The molecule has 1 unspecified atom stereocenters. The number of hydrogen-bond donors (Lipinski definition) is 1. The Bertz CT molecular complexity index is 465. The van der Waals surface area contributed by atoms with Gasteiger partial charge in [0.2, 0.25) is 0 Å². The summed E-state index contributed by atoms with van der Waals surface area (Å²) in [5.74, 6) is -0.281. The van der Waals surface area contributed by atoms with Crippen molar-refractivity contribution in [1.82, 2.24) is 4.90 Å². The molecule has 1 heterocycles. The van der Waals surface area contributed by atoms with Crippen molar-refractivity contribution in [2.75, 3.05) is 13.1 Å². The number of benzene rings is 1. The van der Waals surface area contributed by atoms with E-state index in [1.807, 2.05) is 6.07 Å². The molecule has 0 saturated carbocycles. The van der Waals surface area contributed by atoms with Gasteiger partial charge < -0.3 is 5.73 Å². The monoisotopic (exact) mass is 261 g/mol. The molecule has 0 aliphatic carbocycles. The van der Waals surface area contributed by atoms with Gasteiger partial charge >= 0.3 is 0 Å². The van der Waals surface area contributed by atoms with Crippen LogP contribution in [0.1, 0.15) is 36.8 Å². The third kappa shape index (κ3) is 3.52. The quantitative estimate of drug-likeness (QED) is 0.905. The highest BCUT2D eigenvalue weighted by Crippen LogP contribution is 2.22. The van der Waals surface area contributed by atoms with E-state index >= 15 is 0 Å². The summed E-state index contributed by atoms with van der Waals surface area (Å²) in [5.41, 5.74) is 6.69. The van der Waals surface area contributed by atoms with Gasteiger partial charge in [0.1, 0.15) is 5.82 Å². The summed E-state index contributed by atoms with van der Waals surface area (Å²) < 4.78 is 13.9. The number of piperidine rings is 1. The van der Waals surface area contributed by atoms with Gasteiger partial charge in [-0.1, -0.05) is 12.5 Å². The minimum absolute atomic E-state index is 0.281. The lowest BCUT2D eigenvalue weighted by Gasteiger charge is -2.35. The van der Waals surface area contributed by atoms with Crippen molar-refractivity contribution >= 4 is 0 Å². The molecule has 3 nitrogen and oxygen atoms in total. The first-order valence-corrected chi connectivity index (χ1v) is 6.87. The highest BCUT2D eigenvalue weighted by Gasteiger charge is 2.22. The Hall–Kier alpha value is -1.44. The van der Waals surface area contributed by atoms with Gasteiger partial charge in [0, 0.05) is 18.2 Å². The van der Waals surface area contributed by atoms with E-state index in [-0.39, 0.29) is 5.82 Å². The lowest BCUT2D eigenvalue weighted by molar-refractivity contribution is 0.132. The second kappa shape index (κ2) is 6.65. The lowest BCUT2D eigenvalue weighted by atomic mass is 9.98. The van der Waals surface area contributed by atoms with E-state index in [0.29, 0.717) is 30.3 Å². The summed E-state index contributed by atoms with van der Waals surface area (Å²) in [5, 5.41) is 8.75. The van der Waals surface area contributed by atoms with Crippen LogP contribution in [0, 0.1) is 17.1 Å². The largest absolute Gasteiger partial charge is 0.330 e. The van der Waals surface area contributed by atoms with Crippen molar-refractivity contribution in [3.05, 3.63) is 35.1 Å². The number of likely N-dealkylation sites (tertiary alicyclic amines) is 1. The lowest BCUT2D eigenvalue weighted by Crippen LogP contribution is -2.40. The van der Waals surface area contributed by atoms with Crippen molar-refractivity contribution in [3.63, 3.8) is 0 Å². The molecule has 0 bridgehead atoms. The van der Waals surface area contributed by atoms with E-state index in [1.54, 1.807) is 12.1 Å². The Kier molecular flexibility index (Phi) is 4.89.